The lowest BCUT2D eigenvalue weighted by atomic mass is 9.78. The number of anilines is 1. The minimum atomic E-state index is -0.766. The molecule has 7 nitrogen and oxygen atoms in total. The van der Waals surface area contributed by atoms with Gasteiger partial charge in [-0.05, 0) is 13.0 Å². The molecule has 3 aliphatic heterocycles. The number of carbonyl (C=O) groups is 2. The number of rotatable bonds is 2. The second kappa shape index (κ2) is 4.01. The highest BCUT2D eigenvalue weighted by molar-refractivity contribution is 6.23. The lowest BCUT2D eigenvalue weighted by molar-refractivity contribution is -0.384. The maximum atomic E-state index is 12.7. The number of imide groups is 1. The third kappa shape index (κ3) is 1.48. The van der Waals surface area contributed by atoms with Crippen LogP contribution in [0.2, 0.25) is 0 Å². The Kier molecular flexibility index (Phi) is 2.40. The van der Waals surface area contributed by atoms with E-state index in [4.69, 9.17) is 4.74 Å². The predicted molar refractivity (Wildman–Crippen MR) is 75.0 cm³/mol. The molecular weight excluding hydrogens is 288 g/mol. The number of amides is 2. The van der Waals surface area contributed by atoms with E-state index in [9.17, 15) is 19.7 Å². The lowest BCUT2D eigenvalue weighted by Gasteiger charge is -2.24. The molecule has 0 unspecified atom stereocenters. The van der Waals surface area contributed by atoms with Gasteiger partial charge in [-0.1, -0.05) is 18.2 Å². The van der Waals surface area contributed by atoms with Crippen LogP contribution in [0.25, 0.3) is 0 Å². The van der Waals surface area contributed by atoms with Crippen LogP contribution in [0.1, 0.15) is 6.92 Å². The summed E-state index contributed by atoms with van der Waals surface area (Å²) in [5.41, 5.74) is -0.683. The van der Waals surface area contributed by atoms with Gasteiger partial charge < -0.3 is 4.74 Å². The summed E-state index contributed by atoms with van der Waals surface area (Å²) in [7, 11) is 0. The van der Waals surface area contributed by atoms with E-state index in [1.165, 1.54) is 24.3 Å². The summed E-state index contributed by atoms with van der Waals surface area (Å²) in [5, 5.41) is 10.9. The van der Waals surface area contributed by atoms with Crippen LogP contribution in [-0.2, 0) is 14.3 Å². The van der Waals surface area contributed by atoms with Gasteiger partial charge in [-0.15, -0.1) is 0 Å². The van der Waals surface area contributed by atoms with Crippen LogP contribution in [-0.4, -0.2) is 28.4 Å². The van der Waals surface area contributed by atoms with E-state index in [0.29, 0.717) is 0 Å². The number of hydrogen-bond acceptors (Lipinski definition) is 5. The van der Waals surface area contributed by atoms with Crippen molar-refractivity contribution in [3.63, 3.8) is 0 Å². The van der Waals surface area contributed by atoms with Crippen LogP contribution >= 0.6 is 0 Å². The molecule has 2 fully saturated rings. The maximum Gasteiger partial charge on any atom is 0.271 e. The van der Waals surface area contributed by atoms with Gasteiger partial charge in [-0.2, -0.15) is 0 Å². The molecule has 0 aromatic heterocycles. The first-order valence-electron chi connectivity index (χ1n) is 6.92. The Labute approximate surface area is 125 Å². The topological polar surface area (TPSA) is 89.8 Å². The van der Waals surface area contributed by atoms with Crippen LogP contribution in [0, 0.1) is 22.0 Å². The first kappa shape index (κ1) is 13.1. The summed E-state index contributed by atoms with van der Waals surface area (Å²) in [5.74, 6) is -1.81. The van der Waals surface area contributed by atoms with Gasteiger partial charge in [0.1, 0.15) is 0 Å². The largest absolute Gasteiger partial charge is 0.362 e. The third-order valence-electron chi connectivity index (χ3n) is 4.63. The third-order valence-corrected chi connectivity index (χ3v) is 4.63. The second-order valence-corrected chi connectivity index (χ2v) is 5.92. The number of nitrogens with zero attached hydrogens (tertiary/aromatic N) is 2. The normalized spacial score (nSPS) is 35.3. The average Bonchev–Trinajstić information content (AvgIpc) is 3.08. The fourth-order valence-corrected chi connectivity index (χ4v) is 3.65. The molecule has 1 aromatic carbocycles. The van der Waals surface area contributed by atoms with Gasteiger partial charge in [0.05, 0.1) is 34.2 Å². The molecule has 7 heteroatoms. The van der Waals surface area contributed by atoms with Crippen molar-refractivity contribution in [3.05, 3.63) is 46.5 Å². The highest BCUT2D eigenvalue weighted by atomic mass is 16.6. The number of fused-ring (bicyclic) bond motifs is 5. The Morgan fingerprint density at radius 3 is 2.77 bits per heavy atom. The minimum absolute atomic E-state index is 0.154. The maximum absolute atomic E-state index is 12.7. The van der Waals surface area contributed by atoms with Gasteiger partial charge in [-0.3, -0.25) is 19.7 Å². The summed E-state index contributed by atoms with van der Waals surface area (Å²) >= 11 is 0. The quantitative estimate of drug-likeness (QED) is 0.357. The Balaban J connectivity index is 1.77. The number of benzene rings is 1. The SMILES string of the molecule is C[C@]12C=C[C@H](O1)[C@H]1C(=O)N(c3cccc([N+](=O)[O-])c3)C(=O)[C@@H]12. The molecule has 4 rings (SSSR count). The molecule has 0 spiro atoms. The van der Waals surface area contributed by atoms with Gasteiger partial charge in [0.15, 0.2) is 0 Å². The molecule has 2 saturated heterocycles. The number of nitro groups is 1. The summed E-state index contributed by atoms with van der Waals surface area (Å²) in [4.78, 5) is 36.7. The zero-order chi connectivity index (χ0) is 15.6. The number of hydrogen-bond donors (Lipinski definition) is 0. The highest BCUT2D eigenvalue weighted by Crippen LogP contribution is 2.52. The van der Waals surface area contributed by atoms with Crippen LogP contribution in [0.4, 0.5) is 11.4 Å². The number of carbonyl (C=O) groups excluding carboxylic acids is 2. The molecular formula is C15H12N2O5. The highest BCUT2D eigenvalue weighted by Gasteiger charge is 2.66. The monoisotopic (exact) mass is 300 g/mol. The fraction of sp³-hybridized carbons (Fsp3) is 0.333. The molecule has 0 aliphatic carbocycles. The van der Waals surface area contributed by atoms with Crippen molar-refractivity contribution < 1.29 is 19.2 Å². The number of ether oxygens (including phenoxy) is 1. The smallest absolute Gasteiger partial charge is 0.271 e. The van der Waals surface area contributed by atoms with Crippen LogP contribution in [0.15, 0.2) is 36.4 Å². The Morgan fingerprint density at radius 2 is 2.09 bits per heavy atom. The fourth-order valence-electron chi connectivity index (χ4n) is 3.65. The molecule has 0 radical (unpaired) electrons. The van der Waals surface area contributed by atoms with Crippen molar-refractivity contribution in [2.24, 2.45) is 11.8 Å². The van der Waals surface area contributed by atoms with Crippen molar-refractivity contribution in [1.29, 1.82) is 0 Å². The van der Waals surface area contributed by atoms with E-state index in [1.807, 2.05) is 12.2 Å². The zero-order valence-electron chi connectivity index (χ0n) is 11.6. The van der Waals surface area contributed by atoms with Gasteiger partial charge >= 0.3 is 0 Å². The van der Waals surface area contributed by atoms with Crippen LogP contribution in [0.3, 0.4) is 0 Å². The second-order valence-electron chi connectivity index (χ2n) is 5.92. The predicted octanol–water partition coefficient (Wildman–Crippen LogP) is 1.43. The zero-order valence-corrected chi connectivity index (χ0v) is 11.6. The van der Waals surface area contributed by atoms with E-state index in [0.717, 1.165) is 4.90 Å². The molecule has 0 saturated carbocycles. The Bertz CT molecular complexity index is 758. The van der Waals surface area contributed by atoms with Crippen molar-refractivity contribution in [2.45, 2.75) is 18.6 Å². The van der Waals surface area contributed by atoms with Gasteiger partial charge in [-0.25, -0.2) is 4.90 Å². The molecule has 1 aromatic rings. The molecule has 112 valence electrons. The number of nitro benzene ring substituents is 1. The first-order chi connectivity index (χ1) is 10.4. The summed E-state index contributed by atoms with van der Waals surface area (Å²) in [6.07, 6.45) is 3.24. The average molecular weight is 300 g/mol. The van der Waals surface area contributed by atoms with E-state index in [2.05, 4.69) is 0 Å². The Hall–Kier alpha value is -2.54. The molecule has 0 N–H and O–H groups in total. The molecule has 2 bridgehead atoms. The molecule has 3 aliphatic rings. The lowest BCUT2D eigenvalue weighted by Crippen LogP contribution is -2.38. The van der Waals surface area contributed by atoms with Gasteiger partial charge in [0.25, 0.3) is 5.69 Å². The molecule has 2 amide bonds. The van der Waals surface area contributed by atoms with Gasteiger partial charge in [0, 0.05) is 12.1 Å². The standard InChI is InChI=1S/C15H12N2O5/c1-15-6-5-10(22-15)11-12(15)14(19)16(13(11)18)8-3-2-4-9(7-8)17(20)21/h2-7,10-12H,1H3/t10-,11+,12+,15+/m0/s1. The van der Waals surface area contributed by atoms with Crippen molar-refractivity contribution >= 4 is 23.2 Å². The molecule has 4 atom stereocenters. The first-order valence-corrected chi connectivity index (χ1v) is 6.92. The van der Waals surface area contributed by atoms with Gasteiger partial charge in [0.2, 0.25) is 11.8 Å². The van der Waals surface area contributed by atoms with Crippen molar-refractivity contribution in [1.82, 2.24) is 0 Å². The van der Waals surface area contributed by atoms with Crippen LogP contribution < -0.4 is 4.90 Å². The summed E-state index contributed by atoms with van der Waals surface area (Å²) in [6.45, 7) is 1.79. The molecule has 3 heterocycles. The number of non-ortho nitro benzene ring substituents is 1. The van der Waals surface area contributed by atoms with E-state index in [-0.39, 0.29) is 23.2 Å². The Morgan fingerprint density at radius 1 is 1.32 bits per heavy atom. The van der Waals surface area contributed by atoms with Crippen LogP contribution in [0.5, 0.6) is 0 Å². The van der Waals surface area contributed by atoms with Crippen molar-refractivity contribution in [2.75, 3.05) is 4.90 Å². The van der Waals surface area contributed by atoms with E-state index >= 15 is 0 Å². The summed E-state index contributed by atoms with van der Waals surface area (Å²) < 4.78 is 5.73. The molecule has 22 heavy (non-hydrogen) atoms. The van der Waals surface area contributed by atoms with Crippen molar-refractivity contribution in [3.8, 4) is 0 Å². The van der Waals surface area contributed by atoms with E-state index < -0.39 is 28.5 Å². The minimum Gasteiger partial charge on any atom is -0.362 e. The van der Waals surface area contributed by atoms with E-state index in [1.54, 1.807) is 6.92 Å². The summed E-state index contributed by atoms with van der Waals surface area (Å²) in [6, 6.07) is 5.57.